The van der Waals surface area contributed by atoms with Crippen molar-refractivity contribution in [3.05, 3.63) is 77.3 Å². The van der Waals surface area contributed by atoms with E-state index in [-0.39, 0.29) is 17.4 Å². The van der Waals surface area contributed by atoms with Gasteiger partial charge in [0.05, 0.1) is 28.1 Å². The number of thiocarbonyl (C=S) groups is 1. The van der Waals surface area contributed by atoms with Gasteiger partial charge in [-0.3, -0.25) is 9.69 Å². The third-order valence-corrected chi connectivity index (χ3v) is 9.19. The number of aromatic nitrogens is 2. The molecule has 1 amide bonds. The van der Waals surface area contributed by atoms with E-state index in [2.05, 4.69) is 0 Å². The molecule has 0 saturated carbocycles. The number of carbonyl (C=O) groups excluding carboxylic acids is 1. The maximum atomic E-state index is 13.3. The molecule has 1 unspecified atom stereocenters. The Labute approximate surface area is 211 Å². The van der Waals surface area contributed by atoms with Crippen LogP contribution in [0.15, 0.2) is 76.2 Å². The number of para-hydroxylation sites is 2. The molecular formula is C25H19N3O4S3. The van der Waals surface area contributed by atoms with E-state index in [1.165, 1.54) is 16.7 Å². The van der Waals surface area contributed by atoms with E-state index in [1.807, 2.05) is 66.9 Å². The number of furan rings is 1. The molecule has 2 fully saturated rings. The summed E-state index contributed by atoms with van der Waals surface area (Å²) in [6.07, 6.45) is 4.01. The van der Waals surface area contributed by atoms with Gasteiger partial charge in [0.25, 0.3) is 5.91 Å². The molecule has 6 rings (SSSR count). The number of sulfone groups is 1. The van der Waals surface area contributed by atoms with Crippen molar-refractivity contribution < 1.29 is 17.6 Å². The van der Waals surface area contributed by atoms with Gasteiger partial charge < -0.3 is 4.42 Å². The second-order valence-electron chi connectivity index (χ2n) is 8.47. The summed E-state index contributed by atoms with van der Waals surface area (Å²) in [5, 5.41) is 5.73. The van der Waals surface area contributed by atoms with Gasteiger partial charge in [-0.05, 0) is 36.8 Å². The molecule has 7 nitrogen and oxygen atoms in total. The third-order valence-electron chi connectivity index (χ3n) is 6.11. The number of nitrogens with zero attached hydrogens (tertiary/aromatic N) is 3. The Hall–Kier alpha value is -3.21. The molecule has 4 aromatic rings. The van der Waals surface area contributed by atoms with Crippen molar-refractivity contribution in [3.8, 4) is 17.1 Å². The van der Waals surface area contributed by atoms with Crippen LogP contribution in [-0.4, -0.2) is 50.9 Å². The molecule has 0 N–H and O–H groups in total. The van der Waals surface area contributed by atoms with Crippen molar-refractivity contribution in [1.29, 1.82) is 0 Å². The number of fused-ring (bicyclic) bond motifs is 1. The Morgan fingerprint density at radius 1 is 1.11 bits per heavy atom. The average Bonchev–Trinajstić information content (AvgIpc) is 3.59. The molecule has 2 aromatic heterocycles. The molecule has 10 heteroatoms. The van der Waals surface area contributed by atoms with Gasteiger partial charge in [-0.2, -0.15) is 5.10 Å². The van der Waals surface area contributed by atoms with Gasteiger partial charge in [0.1, 0.15) is 15.6 Å². The third kappa shape index (κ3) is 4.11. The van der Waals surface area contributed by atoms with Gasteiger partial charge in [0.15, 0.2) is 15.6 Å². The van der Waals surface area contributed by atoms with E-state index in [1.54, 1.807) is 10.8 Å². The Morgan fingerprint density at radius 2 is 1.89 bits per heavy atom. The van der Waals surface area contributed by atoms with Crippen LogP contribution in [-0.2, 0) is 14.6 Å². The van der Waals surface area contributed by atoms with E-state index in [0.29, 0.717) is 32.7 Å². The fourth-order valence-electron chi connectivity index (χ4n) is 4.41. The minimum Gasteiger partial charge on any atom is -0.454 e. The van der Waals surface area contributed by atoms with Gasteiger partial charge in [-0.15, -0.1) is 0 Å². The van der Waals surface area contributed by atoms with Crippen LogP contribution in [0.1, 0.15) is 12.0 Å². The number of thioether (sulfide) groups is 1. The lowest BCUT2D eigenvalue weighted by atomic mass is 10.1. The lowest BCUT2D eigenvalue weighted by Crippen LogP contribution is -2.39. The Balaban J connectivity index is 1.42. The highest BCUT2D eigenvalue weighted by atomic mass is 32.2. The standard InChI is InChI=1S/C25H19N3O4S3/c29-24-22(34-25(33)28(24)19-10-11-35(30,31)15-19)13-17-14-27(18-7-2-1-3-8-18)26-23(17)21-12-16-6-4-5-9-20(16)32-21/h1-9,12-14,19H,10-11,15H2. The maximum Gasteiger partial charge on any atom is 0.266 e. The smallest absolute Gasteiger partial charge is 0.266 e. The van der Waals surface area contributed by atoms with Crippen LogP contribution in [0.3, 0.4) is 0 Å². The number of rotatable bonds is 4. The number of benzene rings is 2. The summed E-state index contributed by atoms with van der Waals surface area (Å²) < 4.78 is 32.2. The van der Waals surface area contributed by atoms with Crippen molar-refractivity contribution in [3.63, 3.8) is 0 Å². The van der Waals surface area contributed by atoms with Crippen LogP contribution in [0.25, 0.3) is 34.2 Å². The van der Waals surface area contributed by atoms with Gasteiger partial charge in [0, 0.05) is 17.1 Å². The number of amides is 1. The van der Waals surface area contributed by atoms with Crippen LogP contribution >= 0.6 is 24.0 Å². The van der Waals surface area contributed by atoms with Crippen LogP contribution < -0.4 is 0 Å². The molecule has 0 radical (unpaired) electrons. The van der Waals surface area contributed by atoms with Gasteiger partial charge in [-0.25, -0.2) is 13.1 Å². The average molecular weight is 522 g/mol. The molecular weight excluding hydrogens is 502 g/mol. The summed E-state index contributed by atoms with van der Waals surface area (Å²) in [6.45, 7) is 0. The summed E-state index contributed by atoms with van der Waals surface area (Å²) in [5.74, 6) is 0.339. The van der Waals surface area contributed by atoms with Crippen LogP contribution in [0.2, 0.25) is 0 Å². The van der Waals surface area contributed by atoms with E-state index in [9.17, 15) is 13.2 Å². The predicted molar refractivity (Wildman–Crippen MR) is 141 cm³/mol. The van der Waals surface area contributed by atoms with Crippen LogP contribution in [0.5, 0.6) is 0 Å². The van der Waals surface area contributed by atoms with Crippen LogP contribution in [0.4, 0.5) is 0 Å². The molecule has 4 heterocycles. The van der Waals surface area contributed by atoms with Gasteiger partial charge in [-0.1, -0.05) is 60.4 Å². The monoisotopic (exact) mass is 521 g/mol. The lowest BCUT2D eigenvalue weighted by molar-refractivity contribution is -0.123. The molecule has 2 saturated heterocycles. The maximum absolute atomic E-state index is 13.3. The molecule has 0 aliphatic carbocycles. The minimum absolute atomic E-state index is 0.0527. The minimum atomic E-state index is -3.15. The van der Waals surface area contributed by atoms with Crippen molar-refractivity contribution in [2.75, 3.05) is 11.5 Å². The first-order valence-electron chi connectivity index (χ1n) is 11.0. The molecule has 35 heavy (non-hydrogen) atoms. The molecule has 2 aromatic carbocycles. The first-order valence-corrected chi connectivity index (χ1v) is 14.0. The summed E-state index contributed by atoms with van der Waals surface area (Å²) in [7, 11) is -3.15. The fourth-order valence-corrected chi connectivity index (χ4v) is 7.50. The summed E-state index contributed by atoms with van der Waals surface area (Å²) in [6, 6.07) is 18.9. The zero-order chi connectivity index (χ0) is 24.2. The van der Waals surface area contributed by atoms with Crippen LogP contribution in [0, 0.1) is 0 Å². The van der Waals surface area contributed by atoms with Crippen molar-refractivity contribution in [2.45, 2.75) is 12.5 Å². The Morgan fingerprint density at radius 3 is 2.63 bits per heavy atom. The molecule has 2 aliphatic heterocycles. The van der Waals surface area contributed by atoms with Crippen molar-refractivity contribution >= 4 is 61.1 Å². The highest BCUT2D eigenvalue weighted by Crippen LogP contribution is 2.38. The van der Waals surface area contributed by atoms with E-state index < -0.39 is 15.9 Å². The van der Waals surface area contributed by atoms with Gasteiger partial charge >= 0.3 is 0 Å². The van der Waals surface area contributed by atoms with E-state index in [0.717, 1.165) is 16.7 Å². The fraction of sp³-hybridized carbons (Fsp3) is 0.160. The highest BCUT2D eigenvalue weighted by Gasteiger charge is 2.42. The zero-order valence-electron chi connectivity index (χ0n) is 18.3. The SMILES string of the molecule is O=C1C(=Cc2cn(-c3ccccc3)nc2-c2cc3ccccc3o2)SC(=S)N1C1CCS(=O)(=O)C1. The number of hydrogen-bond acceptors (Lipinski definition) is 7. The molecule has 0 bridgehead atoms. The topological polar surface area (TPSA) is 85.4 Å². The lowest BCUT2D eigenvalue weighted by Gasteiger charge is -2.20. The summed E-state index contributed by atoms with van der Waals surface area (Å²) in [5.41, 5.74) is 2.91. The number of hydrogen-bond donors (Lipinski definition) is 0. The molecule has 2 aliphatic rings. The Bertz CT molecular complexity index is 1590. The normalized spacial score (nSPS) is 21.0. The molecule has 176 valence electrons. The van der Waals surface area contributed by atoms with E-state index >= 15 is 0 Å². The summed E-state index contributed by atoms with van der Waals surface area (Å²) >= 11 is 6.65. The van der Waals surface area contributed by atoms with Gasteiger partial charge in [0.2, 0.25) is 0 Å². The second-order valence-corrected chi connectivity index (χ2v) is 12.4. The quantitative estimate of drug-likeness (QED) is 0.285. The highest BCUT2D eigenvalue weighted by molar-refractivity contribution is 8.26. The molecule has 0 spiro atoms. The number of carbonyl (C=O) groups is 1. The van der Waals surface area contributed by atoms with Crippen molar-refractivity contribution in [1.82, 2.24) is 14.7 Å². The second kappa shape index (κ2) is 8.47. The Kier molecular flexibility index (Phi) is 5.39. The predicted octanol–water partition coefficient (Wildman–Crippen LogP) is 4.67. The largest absolute Gasteiger partial charge is 0.454 e. The summed E-state index contributed by atoms with van der Waals surface area (Å²) in [4.78, 5) is 15.2. The first kappa shape index (κ1) is 22.3. The first-order chi connectivity index (χ1) is 16.9. The van der Waals surface area contributed by atoms with E-state index in [4.69, 9.17) is 21.7 Å². The zero-order valence-corrected chi connectivity index (χ0v) is 20.8. The molecule has 1 atom stereocenters. The van der Waals surface area contributed by atoms with Crippen molar-refractivity contribution in [2.24, 2.45) is 0 Å².